The van der Waals surface area contributed by atoms with E-state index in [0.717, 1.165) is 8.78 Å². The summed E-state index contributed by atoms with van der Waals surface area (Å²) in [6.07, 6.45) is 0. The lowest BCUT2D eigenvalue weighted by Crippen LogP contribution is -2.50. The lowest BCUT2D eigenvalue weighted by atomic mass is 10.1. The number of halogens is 3. The predicted octanol–water partition coefficient (Wildman–Crippen LogP) is 5.11. The molecule has 2 amide bonds. The van der Waals surface area contributed by atoms with E-state index >= 15 is 0 Å². The predicted molar refractivity (Wildman–Crippen MR) is 146 cm³/mol. The Balaban J connectivity index is 2.05. The largest absolute Gasteiger partial charge is 0.357 e. The number of hydrogen-bond acceptors (Lipinski definition) is 4. The number of nitrogens with zero attached hydrogens (tertiary/aromatic N) is 2. The van der Waals surface area contributed by atoms with Crippen LogP contribution in [0.1, 0.15) is 12.5 Å². The van der Waals surface area contributed by atoms with Crippen molar-refractivity contribution in [2.24, 2.45) is 0 Å². The van der Waals surface area contributed by atoms with Gasteiger partial charge in [0.15, 0.2) is 0 Å². The molecule has 11 heteroatoms. The number of nitrogens with one attached hydrogen (secondary N) is 1. The molecule has 0 unspecified atom stereocenters. The zero-order chi connectivity index (χ0) is 26.5. The van der Waals surface area contributed by atoms with Gasteiger partial charge in [0, 0.05) is 33.7 Å². The molecule has 0 aliphatic rings. The molecule has 3 aromatic carbocycles. The topological polar surface area (TPSA) is 86.8 Å². The van der Waals surface area contributed by atoms with Gasteiger partial charge in [0.05, 0.1) is 10.6 Å². The van der Waals surface area contributed by atoms with Crippen LogP contribution in [0.15, 0.2) is 82.2 Å². The Bertz CT molecular complexity index is 1320. The van der Waals surface area contributed by atoms with Crippen molar-refractivity contribution in [3.05, 3.63) is 92.9 Å². The van der Waals surface area contributed by atoms with Crippen LogP contribution in [0, 0.1) is 0 Å². The van der Waals surface area contributed by atoms with Crippen molar-refractivity contribution in [1.29, 1.82) is 0 Å². The zero-order valence-corrected chi connectivity index (χ0v) is 23.4. The van der Waals surface area contributed by atoms with Gasteiger partial charge >= 0.3 is 0 Å². The molecule has 1 N–H and O–H groups in total. The van der Waals surface area contributed by atoms with Gasteiger partial charge in [-0.2, -0.15) is 0 Å². The normalized spacial score (nSPS) is 12.0. The Morgan fingerprint density at radius 3 is 2.08 bits per heavy atom. The molecule has 0 aromatic heterocycles. The Kier molecular flexibility index (Phi) is 9.41. The third kappa shape index (κ3) is 6.39. The van der Waals surface area contributed by atoms with E-state index in [2.05, 4.69) is 21.2 Å². The number of likely N-dealkylation sites (N-methyl/N-ethyl adjacent to an activating group) is 1. The number of carbonyl (C=O) groups excluding carboxylic acids is 2. The first kappa shape index (κ1) is 28.0. The van der Waals surface area contributed by atoms with Gasteiger partial charge in [-0.1, -0.05) is 63.4 Å². The van der Waals surface area contributed by atoms with E-state index in [1.807, 2.05) is 0 Å². The number of anilines is 1. The molecule has 0 fully saturated rings. The molecular weight excluding hydrogens is 589 g/mol. The summed E-state index contributed by atoms with van der Waals surface area (Å²) in [5.74, 6) is -1.03. The molecule has 0 heterocycles. The molecule has 0 spiro atoms. The first-order valence-electron chi connectivity index (χ1n) is 10.8. The highest BCUT2D eigenvalue weighted by Crippen LogP contribution is 2.28. The van der Waals surface area contributed by atoms with Crippen LogP contribution in [0.2, 0.25) is 10.0 Å². The summed E-state index contributed by atoms with van der Waals surface area (Å²) in [4.78, 5) is 27.5. The molecule has 0 radical (unpaired) electrons. The summed E-state index contributed by atoms with van der Waals surface area (Å²) >= 11 is 16.0. The minimum Gasteiger partial charge on any atom is -0.357 e. The van der Waals surface area contributed by atoms with Crippen molar-refractivity contribution in [2.75, 3.05) is 17.9 Å². The number of benzene rings is 3. The maximum absolute atomic E-state index is 13.7. The van der Waals surface area contributed by atoms with E-state index in [1.165, 1.54) is 24.1 Å². The summed E-state index contributed by atoms with van der Waals surface area (Å²) in [5, 5.41) is 3.18. The maximum atomic E-state index is 13.7. The molecule has 0 aliphatic heterocycles. The third-order valence-corrected chi connectivity index (χ3v) is 8.55. The van der Waals surface area contributed by atoms with E-state index < -0.39 is 34.4 Å². The van der Waals surface area contributed by atoms with Crippen molar-refractivity contribution in [3.8, 4) is 0 Å². The summed E-state index contributed by atoms with van der Waals surface area (Å²) in [7, 11) is -2.66. The van der Waals surface area contributed by atoms with Gasteiger partial charge in [-0.15, -0.1) is 0 Å². The fourth-order valence-electron chi connectivity index (χ4n) is 3.50. The molecule has 0 aliphatic carbocycles. The van der Waals surface area contributed by atoms with Crippen LogP contribution in [0.5, 0.6) is 0 Å². The van der Waals surface area contributed by atoms with Crippen molar-refractivity contribution in [3.63, 3.8) is 0 Å². The number of amides is 2. The van der Waals surface area contributed by atoms with Crippen LogP contribution in [0.3, 0.4) is 0 Å². The third-order valence-electron chi connectivity index (χ3n) is 5.53. The fraction of sp³-hybridized carbons (Fsp3) is 0.200. The highest BCUT2D eigenvalue weighted by molar-refractivity contribution is 9.10. The highest BCUT2D eigenvalue weighted by atomic mass is 79.9. The maximum Gasteiger partial charge on any atom is 0.264 e. The number of sulfonamides is 1. The molecule has 0 saturated carbocycles. The highest BCUT2D eigenvalue weighted by Gasteiger charge is 2.32. The van der Waals surface area contributed by atoms with E-state index in [9.17, 15) is 18.0 Å². The average Bonchev–Trinajstić information content (AvgIpc) is 2.87. The zero-order valence-electron chi connectivity index (χ0n) is 19.5. The molecule has 3 aromatic rings. The molecule has 1 atom stereocenters. The van der Waals surface area contributed by atoms with Gasteiger partial charge in [0.1, 0.15) is 12.6 Å². The standard InChI is InChI=1S/C25H24BrCl2N3O4S/c1-17(25(33)29-2)30(15-21-22(27)9-6-10-23(21)28)24(32)16-31(19-13-11-18(26)12-14-19)36(34,35)20-7-4-3-5-8-20/h3-14,17H,15-16H2,1-2H3,(H,29,33)/t17-/m0/s1. The first-order chi connectivity index (χ1) is 17.1. The van der Waals surface area contributed by atoms with Crippen molar-refractivity contribution in [2.45, 2.75) is 24.4 Å². The Morgan fingerprint density at radius 2 is 1.53 bits per heavy atom. The number of hydrogen-bond donors (Lipinski definition) is 1. The van der Waals surface area contributed by atoms with Crippen LogP contribution in [-0.4, -0.2) is 44.8 Å². The number of carbonyl (C=O) groups is 2. The second-order valence-corrected chi connectivity index (χ2v) is 11.4. The van der Waals surface area contributed by atoms with Crippen LogP contribution in [0.4, 0.5) is 5.69 Å². The van der Waals surface area contributed by atoms with Crippen LogP contribution in [-0.2, 0) is 26.2 Å². The van der Waals surface area contributed by atoms with E-state index in [-0.39, 0.29) is 11.4 Å². The summed E-state index contributed by atoms with van der Waals surface area (Å²) < 4.78 is 29.0. The first-order valence-corrected chi connectivity index (χ1v) is 13.8. The fourth-order valence-corrected chi connectivity index (χ4v) is 5.72. The van der Waals surface area contributed by atoms with Crippen molar-refractivity contribution in [1.82, 2.24) is 10.2 Å². The quantitative estimate of drug-likeness (QED) is 0.364. The molecule has 3 rings (SSSR count). The van der Waals surface area contributed by atoms with E-state index in [4.69, 9.17) is 23.2 Å². The molecule has 190 valence electrons. The van der Waals surface area contributed by atoms with E-state index in [0.29, 0.717) is 21.3 Å². The molecule has 36 heavy (non-hydrogen) atoms. The summed E-state index contributed by atoms with van der Waals surface area (Å²) in [6.45, 7) is 0.908. The van der Waals surface area contributed by atoms with Crippen molar-refractivity contribution >= 4 is 66.7 Å². The molecule has 7 nitrogen and oxygen atoms in total. The van der Waals surface area contributed by atoms with Gasteiger partial charge in [0.25, 0.3) is 10.0 Å². The van der Waals surface area contributed by atoms with E-state index in [1.54, 1.807) is 67.6 Å². The minimum absolute atomic E-state index is 0.0285. The lowest BCUT2D eigenvalue weighted by Gasteiger charge is -2.32. The summed E-state index contributed by atoms with van der Waals surface area (Å²) in [6, 6.07) is 18.4. The minimum atomic E-state index is -4.12. The SMILES string of the molecule is CNC(=O)[C@H](C)N(Cc1c(Cl)cccc1Cl)C(=O)CN(c1ccc(Br)cc1)S(=O)(=O)c1ccccc1. The van der Waals surface area contributed by atoms with Gasteiger partial charge in [-0.25, -0.2) is 8.42 Å². The Morgan fingerprint density at radius 1 is 0.944 bits per heavy atom. The second kappa shape index (κ2) is 12.1. The van der Waals surface area contributed by atoms with Crippen LogP contribution >= 0.6 is 39.1 Å². The Labute approximate surface area is 229 Å². The van der Waals surface area contributed by atoms with Gasteiger partial charge in [-0.05, 0) is 55.5 Å². The number of rotatable bonds is 9. The van der Waals surface area contributed by atoms with Crippen LogP contribution < -0.4 is 9.62 Å². The smallest absolute Gasteiger partial charge is 0.264 e. The van der Waals surface area contributed by atoms with Crippen molar-refractivity contribution < 1.29 is 18.0 Å². The Hall–Kier alpha value is -2.59. The average molecular weight is 613 g/mol. The lowest BCUT2D eigenvalue weighted by molar-refractivity contribution is -0.139. The molecule has 0 saturated heterocycles. The van der Waals surface area contributed by atoms with Gasteiger partial charge in [-0.3, -0.25) is 13.9 Å². The van der Waals surface area contributed by atoms with Gasteiger partial charge in [0.2, 0.25) is 11.8 Å². The monoisotopic (exact) mass is 611 g/mol. The summed E-state index contributed by atoms with van der Waals surface area (Å²) in [5.41, 5.74) is 0.741. The molecule has 0 bridgehead atoms. The molecular formula is C25H24BrCl2N3O4S. The van der Waals surface area contributed by atoms with Crippen LogP contribution in [0.25, 0.3) is 0 Å². The van der Waals surface area contributed by atoms with Gasteiger partial charge < -0.3 is 10.2 Å². The second-order valence-electron chi connectivity index (χ2n) is 7.81.